The number of rotatable bonds is 2. The van der Waals surface area contributed by atoms with Gasteiger partial charge in [0.1, 0.15) is 0 Å². The summed E-state index contributed by atoms with van der Waals surface area (Å²) in [5.74, 6) is 0.126. The summed E-state index contributed by atoms with van der Waals surface area (Å²) in [5.41, 5.74) is 0.475. The van der Waals surface area contributed by atoms with Gasteiger partial charge in [0.25, 0.3) is 0 Å². The summed E-state index contributed by atoms with van der Waals surface area (Å²) in [6.45, 7) is 8.15. The summed E-state index contributed by atoms with van der Waals surface area (Å²) in [6.07, 6.45) is 1.53. The minimum Gasteiger partial charge on any atom is -0.326 e. The van der Waals surface area contributed by atoms with Gasteiger partial charge in [0.15, 0.2) is 5.78 Å². The molecule has 0 aliphatic heterocycles. The molecule has 1 amide bonds. The molecule has 2 aliphatic carbocycles. The highest BCUT2D eigenvalue weighted by atomic mass is 79.9. The molecule has 2 bridgehead atoms. The smallest absolute Gasteiger partial charge is 0.232 e. The number of hydrogen-bond donors (Lipinski definition) is 1. The zero-order valence-electron chi connectivity index (χ0n) is 13.5. The van der Waals surface area contributed by atoms with Gasteiger partial charge in [-0.25, -0.2) is 0 Å². The molecule has 1 N–H and O–H groups in total. The number of amides is 1. The van der Waals surface area contributed by atoms with E-state index in [1.54, 1.807) is 0 Å². The predicted molar refractivity (Wildman–Crippen MR) is 91.1 cm³/mol. The topological polar surface area (TPSA) is 46.2 Å². The Hall–Kier alpha value is -1.16. The van der Waals surface area contributed by atoms with E-state index in [0.717, 1.165) is 24.1 Å². The summed E-state index contributed by atoms with van der Waals surface area (Å²) in [5, 5.41) is 3.03. The van der Waals surface area contributed by atoms with Crippen LogP contribution in [0.2, 0.25) is 0 Å². The second-order valence-electron chi connectivity index (χ2n) is 7.48. The molecule has 0 heterocycles. The van der Waals surface area contributed by atoms with E-state index < -0.39 is 15.7 Å². The van der Waals surface area contributed by atoms with Crippen molar-refractivity contribution >= 4 is 33.3 Å². The highest BCUT2D eigenvalue weighted by molar-refractivity contribution is 9.10. The van der Waals surface area contributed by atoms with Crippen molar-refractivity contribution in [3.8, 4) is 0 Å². The number of anilines is 1. The summed E-state index contributed by atoms with van der Waals surface area (Å²) in [7, 11) is 0. The highest BCUT2D eigenvalue weighted by Gasteiger charge is 2.76. The molecular formula is C18H22BrNO2. The van der Waals surface area contributed by atoms with Crippen LogP contribution >= 0.6 is 15.9 Å². The van der Waals surface area contributed by atoms with Crippen molar-refractivity contribution in [2.24, 2.45) is 16.2 Å². The molecule has 118 valence electrons. The lowest BCUT2D eigenvalue weighted by Crippen LogP contribution is -2.47. The first-order valence-corrected chi connectivity index (χ1v) is 8.65. The van der Waals surface area contributed by atoms with E-state index in [4.69, 9.17) is 0 Å². The van der Waals surface area contributed by atoms with Crippen LogP contribution in [0.4, 0.5) is 5.69 Å². The van der Waals surface area contributed by atoms with Crippen LogP contribution in [0.25, 0.3) is 0 Å². The maximum absolute atomic E-state index is 13.1. The van der Waals surface area contributed by atoms with Crippen LogP contribution in [-0.2, 0) is 9.59 Å². The average Bonchev–Trinajstić information content (AvgIpc) is 2.74. The Morgan fingerprint density at radius 3 is 2.27 bits per heavy atom. The Morgan fingerprint density at radius 2 is 1.77 bits per heavy atom. The van der Waals surface area contributed by atoms with E-state index in [2.05, 4.69) is 35.1 Å². The van der Waals surface area contributed by atoms with Gasteiger partial charge in [0.2, 0.25) is 5.91 Å². The Labute approximate surface area is 140 Å². The van der Waals surface area contributed by atoms with Gasteiger partial charge in [-0.15, -0.1) is 0 Å². The van der Waals surface area contributed by atoms with Gasteiger partial charge in [0, 0.05) is 11.1 Å². The summed E-state index contributed by atoms with van der Waals surface area (Å²) in [6, 6.07) is 7.77. The second-order valence-corrected chi connectivity index (χ2v) is 8.39. The molecular weight excluding hydrogens is 342 g/mol. The monoisotopic (exact) mass is 363 g/mol. The summed E-state index contributed by atoms with van der Waals surface area (Å²) >= 11 is 3.54. The lowest BCUT2D eigenvalue weighted by molar-refractivity contribution is -0.130. The van der Waals surface area contributed by atoms with Gasteiger partial charge in [0.05, 0.1) is 10.2 Å². The van der Waals surface area contributed by atoms with Crippen molar-refractivity contribution in [2.45, 2.75) is 45.4 Å². The van der Waals surface area contributed by atoms with Gasteiger partial charge in [-0.2, -0.15) is 0 Å². The molecule has 2 fully saturated rings. The molecule has 22 heavy (non-hydrogen) atoms. The van der Waals surface area contributed by atoms with Crippen LogP contribution in [-0.4, -0.2) is 16.5 Å². The summed E-state index contributed by atoms with van der Waals surface area (Å²) < 4.78 is 0. The third-order valence-corrected chi connectivity index (χ3v) is 7.63. The van der Waals surface area contributed by atoms with Crippen LogP contribution < -0.4 is 5.32 Å². The third-order valence-electron chi connectivity index (χ3n) is 6.44. The van der Waals surface area contributed by atoms with Crippen molar-refractivity contribution in [3.05, 3.63) is 29.8 Å². The second kappa shape index (κ2) is 4.67. The molecule has 0 unspecified atom stereocenters. The number of aryl methyl sites for hydroxylation is 1. The zero-order valence-corrected chi connectivity index (χ0v) is 15.1. The van der Waals surface area contributed by atoms with E-state index in [1.165, 1.54) is 0 Å². The molecule has 0 radical (unpaired) electrons. The van der Waals surface area contributed by atoms with Crippen LogP contribution in [0.1, 0.15) is 39.2 Å². The number of hydrogen-bond acceptors (Lipinski definition) is 2. The molecule has 2 saturated carbocycles. The van der Waals surface area contributed by atoms with Crippen molar-refractivity contribution in [1.82, 2.24) is 0 Å². The molecule has 0 spiro atoms. The van der Waals surface area contributed by atoms with E-state index >= 15 is 0 Å². The van der Waals surface area contributed by atoms with E-state index in [0.29, 0.717) is 0 Å². The first kappa shape index (κ1) is 15.7. The third kappa shape index (κ3) is 1.67. The Kier molecular flexibility index (Phi) is 3.34. The van der Waals surface area contributed by atoms with E-state index in [9.17, 15) is 9.59 Å². The Morgan fingerprint density at radius 1 is 1.18 bits per heavy atom. The van der Waals surface area contributed by atoms with Gasteiger partial charge in [-0.3, -0.25) is 9.59 Å². The number of carbonyl (C=O) groups excluding carboxylic acids is 2. The average molecular weight is 364 g/mol. The number of nitrogens with one attached hydrogen (secondary N) is 1. The fourth-order valence-electron chi connectivity index (χ4n) is 4.33. The number of Topliss-reactive ketones (excluding diaryl/α,β-unsaturated/α-hetero) is 1. The normalized spacial score (nSPS) is 35.7. The molecule has 3 nitrogen and oxygen atoms in total. The fraction of sp³-hybridized carbons (Fsp3) is 0.556. The highest BCUT2D eigenvalue weighted by Crippen LogP contribution is 2.72. The minimum atomic E-state index is -0.677. The van der Waals surface area contributed by atoms with Crippen molar-refractivity contribution in [1.29, 1.82) is 0 Å². The zero-order chi connectivity index (χ0) is 16.3. The van der Waals surface area contributed by atoms with Crippen LogP contribution in [0.3, 0.4) is 0 Å². The molecule has 4 heteroatoms. The molecule has 0 aromatic heterocycles. The number of carbonyl (C=O) groups is 2. The summed E-state index contributed by atoms with van der Waals surface area (Å²) in [4.78, 5) is 25.4. The Balaban J connectivity index is 1.97. The number of fused-ring (bicyclic) bond motifs is 2. The molecule has 0 saturated heterocycles. The minimum absolute atomic E-state index is 0.0437. The predicted octanol–water partition coefficient (Wildman–Crippen LogP) is 4.09. The lowest BCUT2D eigenvalue weighted by Gasteiger charge is -2.39. The molecule has 3 atom stereocenters. The van der Waals surface area contributed by atoms with Crippen molar-refractivity contribution < 1.29 is 9.59 Å². The maximum atomic E-state index is 13.1. The van der Waals surface area contributed by atoms with Gasteiger partial charge in [-0.05, 0) is 37.3 Å². The quantitative estimate of drug-likeness (QED) is 0.804. The molecule has 2 aliphatic rings. The lowest BCUT2D eigenvalue weighted by atomic mass is 9.64. The van der Waals surface area contributed by atoms with Crippen molar-refractivity contribution in [3.63, 3.8) is 0 Å². The largest absolute Gasteiger partial charge is 0.326 e. The first-order chi connectivity index (χ1) is 10.2. The fourth-order valence-corrected chi connectivity index (χ4v) is 5.85. The van der Waals surface area contributed by atoms with Crippen molar-refractivity contribution in [2.75, 3.05) is 5.32 Å². The van der Waals surface area contributed by atoms with Gasteiger partial charge < -0.3 is 5.32 Å². The van der Waals surface area contributed by atoms with E-state index in [-0.39, 0.29) is 17.1 Å². The van der Waals surface area contributed by atoms with Crippen LogP contribution in [0, 0.1) is 23.2 Å². The number of alkyl halides is 1. The molecule has 3 rings (SSSR count). The van der Waals surface area contributed by atoms with Crippen LogP contribution in [0.5, 0.6) is 0 Å². The maximum Gasteiger partial charge on any atom is 0.232 e. The molecule has 1 aromatic carbocycles. The van der Waals surface area contributed by atoms with Gasteiger partial charge in [-0.1, -0.05) is 54.4 Å². The number of benzene rings is 1. The van der Waals surface area contributed by atoms with E-state index in [1.807, 2.05) is 38.1 Å². The Bertz CT molecular complexity index is 652. The standard InChI is InChI=1S/C18H22BrNO2/c1-11-5-7-12(8-6-11)20-15(22)18-10-9-17(4,16(18,2)3)14(21)13(18)19/h5-8,13H,9-10H2,1-4H3,(H,20,22)/t13-,17-,18-/m1/s1. The van der Waals surface area contributed by atoms with Crippen LogP contribution in [0.15, 0.2) is 24.3 Å². The molecule has 1 aromatic rings. The number of halogens is 1. The SMILES string of the molecule is Cc1ccc(NC(=O)[C@@]23CC[C@](C)(C(=O)[C@H]2Br)C3(C)C)cc1. The number of ketones is 1. The van der Waals surface area contributed by atoms with Gasteiger partial charge >= 0.3 is 0 Å². The first-order valence-electron chi connectivity index (χ1n) is 7.73.